The number of aliphatic hydroxyl groups excluding tert-OH is 1. The number of nitrogens with zero attached hydrogens (tertiary/aromatic N) is 3. The molecule has 21 heavy (non-hydrogen) atoms. The number of likely N-dealkylation sites (N-methyl/N-ethyl adjacent to an activating group) is 1. The molecule has 8 heteroatoms. The van der Waals surface area contributed by atoms with Crippen molar-refractivity contribution < 1.29 is 18.3 Å². The normalized spacial score (nSPS) is 23.1. The van der Waals surface area contributed by atoms with Gasteiger partial charge in [0.15, 0.2) is 0 Å². The van der Waals surface area contributed by atoms with E-state index in [2.05, 4.69) is 4.98 Å². The monoisotopic (exact) mass is 304 g/mol. The van der Waals surface area contributed by atoms with E-state index in [-0.39, 0.29) is 24.2 Å². The van der Waals surface area contributed by atoms with Gasteiger partial charge in [-0.3, -0.25) is 0 Å². The standard InChI is InChI=1S/C13H19F3N4O/c1-19(2)6-9-5-10(21)7-20(9)12-4-8(13(14,15)16)3-11(17)18-12/h3-4,9-10,21H,5-7H2,1-2H3,(H2,17,18). The number of β-amino-alcohol motifs (C(OH)–C–C–N with tert-alkyl or cyclic N) is 1. The SMILES string of the molecule is CN(C)CC1CC(O)CN1c1cc(C(F)(F)F)cc(N)n1. The maximum absolute atomic E-state index is 12.9. The summed E-state index contributed by atoms with van der Waals surface area (Å²) in [6.45, 7) is 0.876. The molecule has 2 unspecified atom stereocenters. The molecule has 2 heterocycles. The summed E-state index contributed by atoms with van der Waals surface area (Å²) in [7, 11) is 3.74. The number of alkyl halides is 3. The van der Waals surface area contributed by atoms with Gasteiger partial charge >= 0.3 is 6.18 Å². The second-order valence-electron chi connectivity index (χ2n) is 5.59. The molecule has 0 aliphatic carbocycles. The third kappa shape index (κ3) is 3.76. The van der Waals surface area contributed by atoms with Crippen molar-refractivity contribution in [2.75, 3.05) is 37.8 Å². The highest BCUT2D eigenvalue weighted by atomic mass is 19.4. The van der Waals surface area contributed by atoms with Crippen LogP contribution in [0.2, 0.25) is 0 Å². The van der Waals surface area contributed by atoms with Crippen molar-refractivity contribution >= 4 is 11.6 Å². The molecule has 2 atom stereocenters. The molecule has 1 aliphatic heterocycles. The number of pyridine rings is 1. The fourth-order valence-corrected chi connectivity index (χ4v) is 2.61. The highest BCUT2D eigenvalue weighted by molar-refractivity contribution is 5.51. The smallest absolute Gasteiger partial charge is 0.391 e. The van der Waals surface area contributed by atoms with Gasteiger partial charge in [-0.25, -0.2) is 4.98 Å². The first-order valence-electron chi connectivity index (χ1n) is 6.61. The zero-order valence-electron chi connectivity index (χ0n) is 11.9. The minimum atomic E-state index is -4.47. The summed E-state index contributed by atoms with van der Waals surface area (Å²) < 4.78 is 38.6. The molecule has 0 aromatic carbocycles. The molecule has 2 rings (SSSR count). The molecule has 3 N–H and O–H groups in total. The lowest BCUT2D eigenvalue weighted by Crippen LogP contribution is -2.38. The first kappa shape index (κ1) is 15.8. The van der Waals surface area contributed by atoms with E-state index in [4.69, 9.17) is 5.73 Å². The summed E-state index contributed by atoms with van der Waals surface area (Å²) in [5, 5.41) is 9.80. The molecular formula is C13H19F3N4O. The van der Waals surface area contributed by atoms with Crippen molar-refractivity contribution in [3.8, 4) is 0 Å². The lowest BCUT2D eigenvalue weighted by atomic mass is 10.2. The number of nitrogens with two attached hydrogens (primary N) is 1. The number of anilines is 2. The lowest BCUT2D eigenvalue weighted by Gasteiger charge is -2.28. The summed E-state index contributed by atoms with van der Waals surface area (Å²) in [6, 6.07) is 1.71. The zero-order chi connectivity index (χ0) is 15.8. The van der Waals surface area contributed by atoms with Crippen LogP contribution in [-0.2, 0) is 6.18 Å². The summed E-state index contributed by atoms with van der Waals surface area (Å²) in [6.07, 6.45) is -4.55. The molecule has 118 valence electrons. The number of aliphatic hydroxyl groups is 1. The first-order valence-corrected chi connectivity index (χ1v) is 6.61. The van der Waals surface area contributed by atoms with Gasteiger partial charge in [-0.1, -0.05) is 0 Å². The van der Waals surface area contributed by atoms with Crippen LogP contribution in [0.15, 0.2) is 12.1 Å². The molecule has 1 saturated heterocycles. The van der Waals surface area contributed by atoms with Crippen LogP contribution in [0.4, 0.5) is 24.8 Å². The molecule has 1 aliphatic rings. The highest BCUT2D eigenvalue weighted by Crippen LogP contribution is 2.34. The van der Waals surface area contributed by atoms with E-state index < -0.39 is 17.8 Å². The Balaban J connectivity index is 2.33. The van der Waals surface area contributed by atoms with Crippen LogP contribution < -0.4 is 10.6 Å². The van der Waals surface area contributed by atoms with E-state index >= 15 is 0 Å². The van der Waals surface area contributed by atoms with E-state index in [0.717, 1.165) is 12.1 Å². The number of hydrogen-bond acceptors (Lipinski definition) is 5. The third-order valence-corrected chi connectivity index (χ3v) is 3.42. The number of hydrogen-bond donors (Lipinski definition) is 2. The van der Waals surface area contributed by atoms with Gasteiger partial charge in [-0.05, 0) is 32.6 Å². The van der Waals surface area contributed by atoms with Gasteiger partial charge in [0.05, 0.1) is 11.7 Å². The summed E-state index contributed by atoms with van der Waals surface area (Å²) >= 11 is 0. The molecule has 0 bridgehead atoms. The second-order valence-corrected chi connectivity index (χ2v) is 5.59. The Kier molecular flexibility index (Phi) is 4.29. The van der Waals surface area contributed by atoms with E-state index in [1.54, 1.807) is 4.90 Å². The number of nitrogen functional groups attached to an aromatic ring is 1. The maximum Gasteiger partial charge on any atom is 0.416 e. The fraction of sp³-hybridized carbons (Fsp3) is 0.615. The Morgan fingerprint density at radius 2 is 2.10 bits per heavy atom. The topological polar surface area (TPSA) is 65.6 Å². The molecular weight excluding hydrogens is 285 g/mol. The molecule has 0 radical (unpaired) electrons. The van der Waals surface area contributed by atoms with Crippen molar-refractivity contribution in [3.63, 3.8) is 0 Å². The quantitative estimate of drug-likeness (QED) is 0.878. The van der Waals surface area contributed by atoms with Crippen molar-refractivity contribution in [1.82, 2.24) is 9.88 Å². The van der Waals surface area contributed by atoms with Crippen LogP contribution >= 0.6 is 0 Å². The molecule has 1 aromatic heterocycles. The minimum Gasteiger partial charge on any atom is -0.391 e. The Hall–Kier alpha value is -1.54. The predicted molar refractivity (Wildman–Crippen MR) is 74.0 cm³/mol. The zero-order valence-corrected chi connectivity index (χ0v) is 11.9. The first-order chi connectivity index (χ1) is 9.66. The van der Waals surface area contributed by atoms with Gasteiger partial charge in [-0.2, -0.15) is 13.2 Å². The molecule has 1 fully saturated rings. The predicted octanol–water partition coefficient (Wildman–Crippen LogP) is 1.18. The van der Waals surface area contributed by atoms with Crippen LogP contribution in [0.5, 0.6) is 0 Å². The fourth-order valence-electron chi connectivity index (χ4n) is 2.61. The largest absolute Gasteiger partial charge is 0.416 e. The molecule has 1 aromatic rings. The molecule has 0 spiro atoms. The Morgan fingerprint density at radius 1 is 1.43 bits per heavy atom. The van der Waals surface area contributed by atoms with Gasteiger partial charge in [0.1, 0.15) is 11.6 Å². The summed E-state index contributed by atoms with van der Waals surface area (Å²) in [5.74, 6) is -0.0180. The van der Waals surface area contributed by atoms with Crippen LogP contribution in [0, 0.1) is 0 Å². The van der Waals surface area contributed by atoms with Crippen LogP contribution in [0.1, 0.15) is 12.0 Å². The van der Waals surface area contributed by atoms with Crippen molar-refractivity contribution in [1.29, 1.82) is 0 Å². The second kappa shape index (κ2) is 5.69. The number of rotatable bonds is 3. The lowest BCUT2D eigenvalue weighted by molar-refractivity contribution is -0.137. The van der Waals surface area contributed by atoms with Crippen molar-refractivity contribution in [2.24, 2.45) is 0 Å². The van der Waals surface area contributed by atoms with E-state index in [1.165, 1.54) is 0 Å². The Morgan fingerprint density at radius 3 is 2.67 bits per heavy atom. The van der Waals surface area contributed by atoms with Crippen molar-refractivity contribution in [3.05, 3.63) is 17.7 Å². The maximum atomic E-state index is 12.9. The third-order valence-electron chi connectivity index (χ3n) is 3.42. The van der Waals surface area contributed by atoms with Gasteiger partial charge < -0.3 is 20.6 Å². The summed E-state index contributed by atoms with van der Waals surface area (Å²) in [5.41, 5.74) is 4.67. The average Bonchev–Trinajstić information content (AvgIpc) is 2.67. The Labute approximate surface area is 121 Å². The number of aromatic nitrogens is 1. The van der Waals surface area contributed by atoms with Gasteiger partial charge in [0.25, 0.3) is 0 Å². The van der Waals surface area contributed by atoms with Crippen LogP contribution in [-0.4, -0.2) is 54.3 Å². The molecule has 5 nitrogen and oxygen atoms in total. The van der Waals surface area contributed by atoms with Gasteiger partial charge in [0, 0.05) is 19.1 Å². The molecule has 0 saturated carbocycles. The number of halogens is 3. The minimum absolute atomic E-state index is 0.0922. The average molecular weight is 304 g/mol. The van der Waals surface area contributed by atoms with Crippen LogP contribution in [0.25, 0.3) is 0 Å². The Bertz CT molecular complexity index is 507. The summed E-state index contributed by atoms with van der Waals surface area (Å²) in [4.78, 5) is 7.61. The van der Waals surface area contributed by atoms with E-state index in [1.807, 2.05) is 19.0 Å². The molecule has 0 amide bonds. The van der Waals surface area contributed by atoms with E-state index in [9.17, 15) is 18.3 Å². The van der Waals surface area contributed by atoms with Crippen molar-refractivity contribution in [2.45, 2.75) is 24.7 Å². The van der Waals surface area contributed by atoms with Gasteiger partial charge in [-0.15, -0.1) is 0 Å². The van der Waals surface area contributed by atoms with Gasteiger partial charge in [0.2, 0.25) is 0 Å². The van der Waals surface area contributed by atoms with E-state index in [0.29, 0.717) is 13.0 Å². The highest BCUT2D eigenvalue weighted by Gasteiger charge is 2.35. The van der Waals surface area contributed by atoms with Crippen LogP contribution in [0.3, 0.4) is 0 Å².